The Morgan fingerprint density at radius 2 is 1.47 bits per heavy atom. The Hall–Kier alpha value is -3.51. The minimum atomic E-state index is 0.00974. The summed E-state index contributed by atoms with van der Waals surface area (Å²) in [5.41, 5.74) is 2.33. The number of rotatable bonds is 13. The third-order valence-corrected chi connectivity index (χ3v) is 6.35. The molecule has 1 unspecified atom stereocenters. The van der Waals surface area contributed by atoms with Gasteiger partial charge in [-0.05, 0) is 79.9 Å². The van der Waals surface area contributed by atoms with Crippen LogP contribution in [0.2, 0.25) is 0 Å². The number of carbonyl (C=O) groups is 1. The van der Waals surface area contributed by atoms with Crippen molar-refractivity contribution in [1.82, 2.24) is 10.2 Å². The maximum absolute atomic E-state index is 12.7. The van der Waals surface area contributed by atoms with Gasteiger partial charge in [-0.3, -0.25) is 4.79 Å². The van der Waals surface area contributed by atoms with E-state index in [4.69, 9.17) is 14.2 Å². The largest absolute Gasteiger partial charge is 0.497 e. The molecule has 1 atom stereocenters. The molecule has 3 aromatic rings. The Kier molecular flexibility index (Phi) is 9.62. The lowest BCUT2D eigenvalue weighted by Crippen LogP contribution is -2.44. The second-order valence-corrected chi connectivity index (χ2v) is 9.17. The first-order chi connectivity index (χ1) is 17.7. The van der Waals surface area contributed by atoms with Crippen LogP contribution in [0.3, 0.4) is 0 Å². The average molecular weight is 489 g/mol. The summed E-state index contributed by atoms with van der Waals surface area (Å²) in [6.45, 7) is 3.93. The minimum absolute atomic E-state index is 0.00974. The van der Waals surface area contributed by atoms with Crippen molar-refractivity contribution in [2.45, 2.75) is 38.3 Å². The maximum Gasteiger partial charge on any atom is 0.223 e. The Morgan fingerprint density at radius 3 is 2.17 bits per heavy atom. The van der Waals surface area contributed by atoms with Gasteiger partial charge < -0.3 is 24.4 Å². The zero-order valence-electron chi connectivity index (χ0n) is 21.0. The third-order valence-electron chi connectivity index (χ3n) is 6.35. The SMILES string of the molecule is COc1ccc(OCCC(=O)NC(Cc2ccc(OCc3ccccc3)cc2)CN2CCCC2)cc1. The highest BCUT2D eigenvalue weighted by Gasteiger charge is 2.20. The molecule has 1 fully saturated rings. The monoisotopic (exact) mass is 488 g/mol. The molecule has 1 aliphatic heterocycles. The number of nitrogens with one attached hydrogen (secondary N) is 1. The van der Waals surface area contributed by atoms with E-state index < -0.39 is 0 Å². The molecule has 6 nitrogen and oxygen atoms in total. The molecular weight excluding hydrogens is 452 g/mol. The lowest BCUT2D eigenvalue weighted by atomic mass is 10.0. The summed E-state index contributed by atoms with van der Waals surface area (Å²) in [5.74, 6) is 2.36. The number of methoxy groups -OCH3 is 1. The predicted octanol–water partition coefficient (Wildman–Crippen LogP) is 4.87. The van der Waals surface area contributed by atoms with Crippen molar-refractivity contribution in [3.05, 3.63) is 90.0 Å². The van der Waals surface area contributed by atoms with Crippen LogP contribution in [-0.4, -0.2) is 50.2 Å². The van der Waals surface area contributed by atoms with Gasteiger partial charge in [0.1, 0.15) is 23.9 Å². The normalized spacial score (nSPS) is 14.2. The molecule has 1 heterocycles. The van der Waals surface area contributed by atoms with E-state index >= 15 is 0 Å². The van der Waals surface area contributed by atoms with E-state index in [1.54, 1.807) is 7.11 Å². The predicted molar refractivity (Wildman–Crippen MR) is 142 cm³/mol. The van der Waals surface area contributed by atoms with Crippen LogP contribution in [0.15, 0.2) is 78.9 Å². The quantitative estimate of drug-likeness (QED) is 0.372. The third kappa shape index (κ3) is 8.31. The van der Waals surface area contributed by atoms with Gasteiger partial charge >= 0.3 is 0 Å². The van der Waals surface area contributed by atoms with Gasteiger partial charge in [-0.1, -0.05) is 42.5 Å². The van der Waals surface area contributed by atoms with Crippen LogP contribution in [0.1, 0.15) is 30.4 Å². The van der Waals surface area contributed by atoms with Crippen molar-refractivity contribution < 1.29 is 19.0 Å². The molecule has 1 aliphatic rings. The molecule has 0 bridgehead atoms. The fourth-order valence-electron chi connectivity index (χ4n) is 4.42. The van der Waals surface area contributed by atoms with Gasteiger partial charge in [0, 0.05) is 12.6 Å². The van der Waals surface area contributed by atoms with Crippen molar-refractivity contribution in [1.29, 1.82) is 0 Å². The van der Waals surface area contributed by atoms with Crippen LogP contribution in [0, 0.1) is 0 Å². The van der Waals surface area contributed by atoms with Crippen LogP contribution in [0.5, 0.6) is 17.2 Å². The van der Waals surface area contributed by atoms with Crippen molar-refractivity contribution >= 4 is 5.91 Å². The standard InChI is InChI=1S/C30H36N2O4/c1-34-27-13-15-28(16-14-27)35-20-17-30(33)31-26(22-32-18-5-6-19-32)21-24-9-11-29(12-10-24)36-23-25-7-3-2-4-8-25/h2-4,7-16,26H,5-6,17-23H2,1H3,(H,31,33). The van der Waals surface area contributed by atoms with Crippen molar-refractivity contribution in [3.63, 3.8) is 0 Å². The van der Waals surface area contributed by atoms with Gasteiger partial charge in [-0.15, -0.1) is 0 Å². The number of hydrogen-bond acceptors (Lipinski definition) is 5. The summed E-state index contributed by atoms with van der Waals surface area (Å²) in [7, 11) is 1.63. The van der Waals surface area contributed by atoms with E-state index in [-0.39, 0.29) is 11.9 Å². The number of benzene rings is 3. The summed E-state index contributed by atoms with van der Waals surface area (Å²) in [5, 5.41) is 3.25. The number of amides is 1. The van der Waals surface area contributed by atoms with Crippen molar-refractivity contribution in [3.8, 4) is 17.2 Å². The van der Waals surface area contributed by atoms with E-state index in [9.17, 15) is 4.79 Å². The maximum atomic E-state index is 12.7. The molecule has 0 saturated carbocycles. The summed E-state index contributed by atoms with van der Waals surface area (Å²) in [6.07, 6.45) is 3.54. The molecule has 3 aromatic carbocycles. The smallest absolute Gasteiger partial charge is 0.223 e. The van der Waals surface area contributed by atoms with Crippen molar-refractivity contribution in [2.75, 3.05) is 33.4 Å². The topological polar surface area (TPSA) is 60.0 Å². The first-order valence-electron chi connectivity index (χ1n) is 12.7. The second-order valence-electron chi connectivity index (χ2n) is 9.17. The Bertz CT molecular complexity index is 1050. The number of ether oxygens (including phenoxy) is 3. The van der Waals surface area contributed by atoms with Gasteiger partial charge in [-0.2, -0.15) is 0 Å². The lowest BCUT2D eigenvalue weighted by Gasteiger charge is -2.25. The second kappa shape index (κ2) is 13.5. The Morgan fingerprint density at radius 1 is 0.833 bits per heavy atom. The molecule has 1 amide bonds. The van der Waals surface area contributed by atoms with Gasteiger partial charge in [0.25, 0.3) is 0 Å². The van der Waals surface area contributed by atoms with Crippen LogP contribution < -0.4 is 19.5 Å². The highest BCUT2D eigenvalue weighted by Crippen LogP contribution is 2.18. The first kappa shape index (κ1) is 25.6. The van der Waals surface area contributed by atoms with E-state index in [0.29, 0.717) is 19.6 Å². The van der Waals surface area contributed by atoms with Crippen LogP contribution in [0.25, 0.3) is 0 Å². The van der Waals surface area contributed by atoms with E-state index in [1.807, 2.05) is 54.6 Å². The molecule has 0 spiro atoms. The number of nitrogens with zero attached hydrogens (tertiary/aromatic N) is 1. The fourth-order valence-corrected chi connectivity index (χ4v) is 4.42. The van der Waals surface area contributed by atoms with Gasteiger partial charge in [0.2, 0.25) is 5.91 Å². The van der Waals surface area contributed by atoms with Gasteiger partial charge in [-0.25, -0.2) is 0 Å². The number of hydrogen-bond donors (Lipinski definition) is 1. The first-order valence-corrected chi connectivity index (χ1v) is 12.7. The summed E-state index contributed by atoms with van der Waals surface area (Å²) >= 11 is 0. The molecule has 4 rings (SSSR count). The van der Waals surface area contributed by atoms with Gasteiger partial charge in [0.05, 0.1) is 20.1 Å². The summed E-state index contributed by atoms with van der Waals surface area (Å²) in [4.78, 5) is 15.2. The number of likely N-dealkylation sites (tertiary alicyclic amines) is 1. The lowest BCUT2D eigenvalue weighted by molar-refractivity contribution is -0.122. The number of carbonyl (C=O) groups excluding carboxylic acids is 1. The average Bonchev–Trinajstić information content (AvgIpc) is 3.42. The fraction of sp³-hybridized carbons (Fsp3) is 0.367. The van der Waals surface area contributed by atoms with Crippen LogP contribution >= 0.6 is 0 Å². The van der Waals surface area contributed by atoms with Crippen LogP contribution in [0.4, 0.5) is 0 Å². The Labute approximate surface area is 214 Å². The highest BCUT2D eigenvalue weighted by atomic mass is 16.5. The molecule has 36 heavy (non-hydrogen) atoms. The van der Waals surface area contributed by atoms with Crippen LogP contribution in [-0.2, 0) is 17.8 Å². The van der Waals surface area contributed by atoms with E-state index in [1.165, 1.54) is 18.4 Å². The van der Waals surface area contributed by atoms with E-state index in [2.05, 4.69) is 34.5 Å². The Balaban J connectivity index is 1.27. The summed E-state index contributed by atoms with van der Waals surface area (Å²) in [6, 6.07) is 25.8. The van der Waals surface area contributed by atoms with Gasteiger partial charge in [0.15, 0.2) is 0 Å². The molecule has 1 N–H and O–H groups in total. The highest BCUT2D eigenvalue weighted by molar-refractivity contribution is 5.76. The molecule has 190 valence electrons. The molecule has 0 aliphatic carbocycles. The van der Waals surface area contributed by atoms with E-state index in [0.717, 1.165) is 48.9 Å². The molecule has 6 heteroatoms. The molecule has 0 radical (unpaired) electrons. The zero-order valence-corrected chi connectivity index (χ0v) is 21.0. The van der Waals surface area contributed by atoms with Crippen molar-refractivity contribution in [2.24, 2.45) is 0 Å². The summed E-state index contributed by atoms with van der Waals surface area (Å²) < 4.78 is 16.8. The molecular formula is C30H36N2O4. The molecule has 0 aromatic heterocycles. The molecule has 1 saturated heterocycles. The zero-order chi connectivity index (χ0) is 25.0. The minimum Gasteiger partial charge on any atom is -0.497 e.